The molecule has 296 valence electrons. The van der Waals surface area contributed by atoms with E-state index in [0.29, 0.717) is 0 Å². The molecule has 10 aromatic carbocycles. The van der Waals surface area contributed by atoms with E-state index in [9.17, 15) is 0 Å². The molecule has 0 aliphatic rings. The van der Waals surface area contributed by atoms with Crippen LogP contribution in [-0.4, -0.2) is 9.13 Å². The Morgan fingerprint density at radius 1 is 0.365 bits per heavy atom. The fraction of sp³-hybridized carbons (Fsp3) is 0.0164. The Balaban J connectivity index is 1.10. The maximum absolute atomic E-state index is 3.96. The molecule has 0 aliphatic carbocycles. The van der Waals surface area contributed by atoms with Crippen LogP contribution in [0.2, 0.25) is 0 Å². The van der Waals surface area contributed by atoms with Crippen LogP contribution in [0.15, 0.2) is 225 Å². The summed E-state index contributed by atoms with van der Waals surface area (Å²) < 4.78 is 4.87. The van der Waals surface area contributed by atoms with Gasteiger partial charge in [-0.1, -0.05) is 170 Å². The lowest BCUT2D eigenvalue weighted by atomic mass is 9.90. The zero-order valence-electron chi connectivity index (χ0n) is 35.0. The van der Waals surface area contributed by atoms with E-state index in [-0.39, 0.29) is 0 Å². The molecule has 63 heavy (non-hydrogen) atoms. The van der Waals surface area contributed by atoms with Gasteiger partial charge in [-0.15, -0.1) is 0 Å². The van der Waals surface area contributed by atoms with E-state index in [0.717, 1.165) is 11.4 Å². The Kier molecular flexibility index (Phi) is 8.58. The molecule has 0 spiro atoms. The zero-order chi connectivity index (χ0) is 42.0. The summed E-state index contributed by atoms with van der Waals surface area (Å²) in [6.45, 7) is 6.19. The summed E-state index contributed by atoms with van der Waals surface area (Å²) in [6.07, 6.45) is 6.04. The maximum atomic E-state index is 3.96. The Morgan fingerprint density at radius 2 is 0.841 bits per heavy atom. The molecule has 12 aromatic rings. The van der Waals surface area contributed by atoms with Gasteiger partial charge >= 0.3 is 0 Å². The van der Waals surface area contributed by atoms with E-state index in [1.165, 1.54) is 110 Å². The lowest BCUT2D eigenvalue weighted by Crippen LogP contribution is -1.98. The average molecular weight is 803 g/mol. The lowest BCUT2D eigenvalue weighted by Gasteiger charge is -2.19. The molecule has 2 aromatic heterocycles. The minimum Gasteiger partial charge on any atom is -0.310 e. The van der Waals surface area contributed by atoms with Crippen molar-refractivity contribution >= 4 is 71.1 Å². The van der Waals surface area contributed by atoms with Gasteiger partial charge in [0.1, 0.15) is 0 Å². The topological polar surface area (TPSA) is 9.86 Å². The van der Waals surface area contributed by atoms with Crippen molar-refractivity contribution in [2.75, 3.05) is 0 Å². The van der Waals surface area contributed by atoms with Gasteiger partial charge in [0.2, 0.25) is 0 Å². The quantitative estimate of drug-likeness (QED) is 0.112. The van der Waals surface area contributed by atoms with Gasteiger partial charge in [0, 0.05) is 32.9 Å². The van der Waals surface area contributed by atoms with Gasteiger partial charge in [-0.25, -0.2) is 0 Å². The van der Waals surface area contributed by atoms with Crippen molar-refractivity contribution in [2.45, 2.75) is 6.92 Å². The highest BCUT2D eigenvalue weighted by Gasteiger charge is 2.21. The van der Waals surface area contributed by atoms with Crippen LogP contribution in [0, 0.1) is 6.92 Å². The number of aryl methyl sites for hydroxylation is 1. The molecule has 0 amide bonds. The molecule has 2 nitrogen and oxygen atoms in total. The molecule has 0 fully saturated rings. The fourth-order valence-corrected chi connectivity index (χ4v) is 10.1. The van der Waals surface area contributed by atoms with Gasteiger partial charge in [-0.3, -0.25) is 0 Å². The smallest absolute Gasteiger partial charge is 0.0553 e. The van der Waals surface area contributed by atoms with Crippen molar-refractivity contribution in [3.05, 3.63) is 236 Å². The van der Waals surface area contributed by atoms with E-state index >= 15 is 0 Å². The molecule has 2 heterocycles. The Bertz CT molecular complexity index is 3790. The molecule has 0 saturated carbocycles. The summed E-state index contributed by atoms with van der Waals surface area (Å²) in [5.41, 5.74) is 15.5. The summed E-state index contributed by atoms with van der Waals surface area (Å²) >= 11 is 0. The standard InChI is InChI=1S/C61H42N2/c1-3-4-26-56-40(2)53-36-44(32-34-58(53)62(56)47-19-9-6-10-20-47)45-33-35-59-54(37-45)51-24-15-16-27-57(51)63(59)60-39-46(43-30-28-42(29-31-43)41-17-7-5-8-18-41)38-55-50-23-12-11-21-48(50)49-22-13-14-25-52(49)61(55)60/h3-39H,1H2,2H3/b26-4-. The summed E-state index contributed by atoms with van der Waals surface area (Å²) in [7, 11) is 0. The second kappa shape index (κ2) is 14.8. The summed E-state index contributed by atoms with van der Waals surface area (Å²) in [5.74, 6) is 0. The normalized spacial score (nSPS) is 11.9. The lowest BCUT2D eigenvalue weighted by molar-refractivity contribution is 1.10. The number of hydrogen-bond acceptors (Lipinski definition) is 0. The van der Waals surface area contributed by atoms with Crippen LogP contribution in [0.1, 0.15) is 11.3 Å². The highest BCUT2D eigenvalue weighted by atomic mass is 15.0. The second-order valence-corrected chi connectivity index (χ2v) is 16.5. The Hall–Kier alpha value is -8.20. The van der Waals surface area contributed by atoms with Crippen molar-refractivity contribution in [3.63, 3.8) is 0 Å². The Morgan fingerprint density at radius 3 is 1.52 bits per heavy atom. The van der Waals surface area contributed by atoms with Crippen molar-refractivity contribution in [3.8, 4) is 44.8 Å². The van der Waals surface area contributed by atoms with E-state index in [4.69, 9.17) is 0 Å². The molecule has 0 N–H and O–H groups in total. The van der Waals surface area contributed by atoms with Crippen LogP contribution >= 0.6 is 0 Å². The first kappa shape index (κ1) is 36.6. The number of fused-ring (bicyclic) bond motifs is 10. The summed E-state index contributed by atoms with van der Waals surface area (Å²) in [6, 6.07) is 75.9. The van der Waals surface area contributed by atoms with E-state index in [1.54, 1.807) is 0 Å². The van der Waals surface area contributed by atoms with Crippen LogP contribution in [-0.2, 0) is 0 Å². The van der Waals surface area contributed by atoms with Gasteiger partial charge in [0.15, 0.2) is 0 Å². The highest BCUT2D eigenvalue weighted by molar-refractivity contribution is 6.28. The van der Waals surface area contributed by atoms with Gasteiger partial charge in [-0.05, 0) is 133 Å². The van der Waals surface area contributed by atoms with E-state index in [1.807, 2.05) is 12.2 Å². The summed E-state index contributed by atoms with van der Waals surface area (Å²) in [4.78, 5) is 0. The summed E-state index contributed by atoms with van der Waals surface area (Å²) in [5, 5.41) is 11.2. The third kappa shape index (κ3) is 5.87. The molecular weight excluding hydrogens is 761 g/mol. The van der Waals surface area contributed by atoms with Crippen LogP contribution in [0.25, 0.3) is 116 Å². The SMILES string of the molecule is C=C/C=C\c1c(C)c2cc(-c3ccc4c(c3)c3ccccc3n4-c3cc(-c4ccc(-c5ccccc5)cc4)cc4c5ccccc5c5ccccc5c34)ccc2n1-c1ccccc1. The van der Waals surface area contributed by atoms with Crippen molar-refractivity contribution < 1.29 is 0 Å². The number of rotatable bonds is 7. The first-order valence-corrected chi connectivity index (χ1v) is 21.7. The molecule has 2 heteroatoms. The molecule has 0 radical (unpaired) electrons. The highest BCUT2D eigenvalue weighted by Crippen LogP contribution is 2.44. The zero-order valence-corrected chi connectivity index (χ0v) is 35.0. The van der Waals surface area contributed by atoms with Gasteiger partial charge in [-0.2, -0.15) is 0 Å². The second-order valence-electron chi connectivity index (χ2n) is 16.5. The third-order valence-electron chi connectivity index (χ3n) is 13.1. The largest absolute Gasteiger partial charge is 0.310 e. The minimum atomic E-state index is 1.14. The van der Waals surface area contributed by atoms with E-state index in [2.05, 4.69) is 235 Å². The maximum Gasteiger partial charge on any atom is 0.0553 e. The van der Waals surface area contributed by atoms with Gasteiger partial charge in [0.25, 0.3) is 0 Å². The van der Waals surface area contributed by atoms with Crippen molar-refractivity contribution in [2.24, 2.45) is 0 Å². The fourth-order valence-electron chi connectivity index (χ4n) is 10.1. The van der Waals surface area contributed by atoms with Gasteiger partial charge in [0.05, 0.1) is 22.2 Å². The van der Waals surface area contributed by atoms with Crippen molar-refractivity contribution in [1.82, 2.24) is 9.13 Å². The number of allylic oxidation sites excluding steroid dienone is 2. The number of nitrogens with zero attached hydrogens (tertiary/aromatic N) is 2. The number of aromatic nitrogens is 2. The molecule has 0 saturated heterocycles. The van der Waals surface area contributed by atoms with Crippen LogP contribution in [0.5, 0.6) is 0 Å². The first-order valence-electron chi connectivity index (χ1n) is 21.7. The molecule has 0 bridgehead atoms. The molecular formula is C61H42N2. The first-order chi connectivity index (χ1) is 31.1. The number of para-hydroxylation sites is 2. The molecule has 12 rings (SSSR count). The minimum absolute atomic E-state index is 1.14. The molecule has 0 unspecified atom stereocenters. The van der Waals surface area contributed by atoms with Crippen molar-refractivity contribution in [1.29, 1.82) is 0 Å². The third-order valence-corrected chi connectivity index (χ3v) is 13.1. The van der Waals surface area contributed by atoms with Crippen LogP contribution in [0.4, 0.5) is 0 Å². The monoisotopic (exact) mass is 802 g/mol. The average Bonchev–Trinajstić information content (AvgIpc) is 3.83. The number of benzene rings is 10. The van der Waals surface area contributed by atoms with Crippen LogP contribution in [0.3, 0.4) is 0 Å². The Labute approximate surface area is 366 Å². The van der Waals surface area contributed by atoms with Gasteiger partial charge < -0.3 is 9.13 Å². The predicted octanol–water partition coefficient (Wildman–Crippen LogP) is 16.7. The molecule has 0 atom stereocenters. The van der Waals surface area contributed by atoms with Crippen LogP contribution < -0.4 is 0 Å². The number of hydrogen-bond donors (Lipinski definition) is 0. The molecule has 0 aliphatic heterocycles. The van der Waals surface area contributed by atoms with E-state index < -0.39 is 0 Å². The predicted molar refractivity (Wildman–Crippen MR) is 270 cm³/mol.